The number of hydrogen-bond acceptors (Lipinski definition) is 2. The number of aromatic nitrogens is 1. The highest BCUT2D eigenvalue weighted by molar-refractivity contribution is 7.10. The third kappa shape index (κ3) is 2.73. The number of nitrogens with one attached hydrogen (secondary N) is 1. The molecule has 0 aliphatic carbocycles. The summed E-state index contributed by atoms with van der Waals surface area (Å²) in [6.07, 6.45) is 2.62. The predicted molar refractivity (Wildman–Crippen MR) is 99.2 cm³/mol. The van der Waals surface area contributed by atoms with Gasteiger partial charge in [0.2, 0.25) is 0 Å². The Morgan fingerprint density at radius 3 is 2.65 bits per heavy atom. The summed E-state index contributed by atoms with van der Waals surface area (Å²) >= 11 is 1.89. The van der Waals surface area contributed by atoms with Gasteiger partial charge in [-0.05, 0) is 56.3 Å². The Bertz CT molecular complexity index is 779. The number of hydrogen-bond donors (Lipinski definition) is 1. The van der Waals surface area contributed by atoms with Gasteiger partial charge in [-0.15, -0.1) is 11.3 Å². The quantitative estimate of drug-likeness (QED) is 0.687. The van der Waals surface area contributed by atoms with Crippen molar-refractivity contribution in [2.45, 2.75) is 32.7 Å². The van der Waals surface area contributed by atoms with E-state index in [1.54, 1.807) is 0 Å². The first-order valence-electron chi connectivity index (χ1n) is 8.58. The molecule has 120 valence electrons. The van der Waals surface area contributed by atoms with E-state index in [4.69, 9.17) is 0 Å². The largest absolute Gasteiger partial charge is 0.358 e. The standard InChI is InChI=1S/C20H24N2S/c1-14-9-11-22(12-10-14)20(18-8-5-13-23-18)19-15(2)21-17-7-4-3-6-16(17)19/h3-8,13-14,20-21H,9-12H2,1-2H3. The molecule has 0 spiro atoms. The predicted octanol–water partition coefficient (Wildman–Crippen LogP) is 5.36. The Morgan fingerprint density at radius 2 is 1.91 bits per heavy atom. The highest BCUT2D eigenvalue weighted by Gasteiger charge is 2.29. The summed E-state index contributed by atoms with van der Waals surface area (Å²) in [5.41, 5.74) is 4.03. The van der Waals surface area contributed by atoms with E-state index < -0.39 is 0 Å². The summed E-state index contributed by atoms with van der Waals surface area (Å²) in [6, 6.07) is 13.6. The van der Waals surface area contributed by atoms with Gasteiger partial charge in [0, 0.05) is 27.0 Å². The molecule has 0 saturated carbocycles. The van der Waals surface area contributed by atoms with Crippen LogP contribution in [0.2, 0.25) is 0 Å². The Labute approximate surface area is 142 Å². The van der Waals surface area contributed by atoms with Gasteiger partial charge in [0.15, 0.2) is 0 Å². The first-order chi connectivity index (χ1) is 11.2. The number of piperidine rings is 1. The number of benzene rings is 1. The molecule has 1 aliphatic rings. The fourth-order valence-electron chi connectivity index (χ4n) is 3.89. The molecule has 0 radical (unpaired) electrons. The lowest BCUT2D eigenvalue weighted by Gasteiger charge is -2.36. The molecule has 3 heterocycles. The molecule has 0 bridgehead atoms. The van der Waals surface area contributed by atoms with Crippen molar-refractivity contribution in [2.24, 2.45) is 5.92 Å². The van der Waals surface area contributed by atoms with Crippen molar-refractivity contribution >= 4 is 22.2 Å². The molecule has 3 aromatic rings. The summed E-state index contributed by atoms with van der Waals surface area (Å²) in [5.74, 6) is 0.860. The zero-order chi connectivity index (χ0) is 15.8. The van der Waals surface area contributed by atoms with Crippen LogP contribution < -0.4 is 0 Å². The van der Waals surface area contributed by atoms with Gasteiger partial charge in [0.1, 0.15) is 0 Å². The molecule has 1 atom stereocenters. The van der Waals surface area contributed by atoms with E-state index in [-0.39, 0.29) is 0 Å². The molecule has 1 N–H and O–H groups in total. The van der Waals surface area contributed by atoms with Crippen LogP contribution in [0.3, 0.4) is 0 Å². The Kier molecular flexibility index (Phi) is 4.00. The van der Waals surface area contributed by atoms with E-state index in [0.717, 1.165) is 5.92 Å². The molecule has 23 heavy (non-hydrogen) atoms. The minimum Gasteiger partial charge on any atom is -0.358 e. The summed E-state index contributed by atoms with van der Waals surface area (Å²) in [5, 5.41) is 3.58. The van der Waals surface area contributed by atoms with Gasteiger partial charge in [-0.2, -0.15) is 0 Å². The zero-order valence-corrected chi connectivity index (χ0v) is 14.7. The molecule has 1 aromatic carbocycles. The minimum atomic E-state index is 0.388. The summed E-state index contributed by atoms with van der Waals surface area (Å²) in [7, 11) is 0. The number of nitrogens with zero attached hydrogens (tertiary/aromatic N) is 1. The minimum absolute atomic E-state index is 0.388. The number of aryl methyl sites for hydroxylation is 1. The van der Waals surface area contributed by atoms with Crippen LogP contribution in [-0.4, -0.2) is 23.0 Å². The maximum atomic E-state index is 3.60. The lowest BCUT2D eigenvalue weighted by atomic mass is 9.94. The van der Waals surface area contributed by atoms with Gasteiger partial charge in [0.25, 0.3) is 0 Å². The normalized spacial score (nSPS) is 18.5. The van der Waals surface area contributed by atoms with Crippen LogP contribution in [0.25, 0.3) is 10.9 Å². The van der Waals surface area contributed by atoms with Gasteiger partial charge in [0.05, 0.1) is 6.04 Å². The van der Waals surface area contributed by atoms with E-state index in [9.17, 15) is 0 Å². The molecule has 1 fully saturated rings. The van der Waals surface area contributed by atoms with Gasteiger partial charge < -0.3 is 4.98 Å². The number of fused-ring (bicyclic) bond motifs is 1. The molecular weight excluding hydrogens is 300 g/mol. The average molecular weight is 324 g/mol. The van der Waals surface area contributed by atoms with Crippen LogP contribution in [0.1, 0.15) is 41.9 Å². The van der Waals surface area contributed by atoms with Crippen molar-refractivity contribution < 1.29 is 0 Å². The monoisotopic (exact) mass is 324 g/mol. The fraction of sp³-hybridized carbons (Fsp3) is 0.400. The highest BCUT2D eigenvalue weighted by Crippen LogP contribution is 2.39. The van der Waals surface area contributed by atoms with Crippen molar-refractivity contribution in [3.8, 4) is 0 Å². The number of para-hydroxylation sites is 1. The topological polar surface area (TPSA) is 19.0 Å². The fourth-order valence-corrected chi connectivity index (χ4v) is 4.76. The summed E-state index contributed by atoms with van der Waals surface area (Å²) in [6.45, 7) is 7.00. The molecular formula is C20H24N2S. The number of likely N-dealkylation sites (tertiary alicyclic amines) is 1. The smallest absolute Gasteiger partial charge is 0.0719 e. The van der Waals surface area contributed by atoms with Crippen molar-refractivity contribution in [1.29, 1.82) is 0 Å². The van der Waals surface area contributed by atoms with Crippen molar-refractivity contribution in [1.82, 2.24) is 9.88 Å². The van der Waals surface area contributed by atoms with Crippen molar-refractivity contribution in [2.75, 3.05) is 13.1 Å². The summed E-state index contributed by atoms with van der Waals surface area (Å²) < 4.78 is 0. The lowest BCUT2D eigenvalue weighted by molar-refractivity contribution is 0.160. The van der Waals surface area contributed by atoms with E-state index >= 15 is 0 Å². The van der Waals surface area contributed by atoms with E-state index in [1.807, 2.05) is 11.3 Å². The van der Waals surface area contributed by atoms with Crippen LogP contribution in [0.15, 0.2) is 41.8 Å². The molecule has 1 saturated heterocycles. The lowest BCUT2D eigenvalue weighted by Crippen LogP contribution is -2.36. The summed E-state index contributed by atoms with van der Waals surface area (Å²) in [4.78, 5) is 7.75. The molecule has 2 aromatic heterocycles. The van der Waals surface area contributed by atoms with Crippen molar-refractivity contribution in [3.05, 3.63) is 57.9 Å². The van der Waals surface area contributed by atoms with Gasteiger partial charge in [-0.3, -0.25) is 4.90 Å². The number of rotatable bonds is 3. The third-order valence-electron chi connectivity index (χ3n) is 5.21. The van der Waals surface area contributed by atoms with Crippen LogP contribution in [0.5, 0.6) is 0 Å². The zero-order valence-electron chi connectivity index (χ0n) is 13.9. The van der Waals surface area contributed by atoms with Crippen LogP contribution in [0.4, 0.5) is 0 Å². The Morgan fingerprint density at radius 1 is 1.13 bits per heavy atom. The third-order valence-corrected chi connectivity index (χ3v) is 6.14. The van der Waals surface area contributed by atoms with Crippen LogP contribution >= 0.6 is 11.3 Å². The van der Waals surface area contributed by atoms with E-state index in [2.05, 4.69) is 65.5 Å². The average Bonchev–Trinajstić information content (AvgIpc) is 3.18. The highest BCUT2D eigenvalue weighted by atomic mass is 32.1. The molecule has 4 rings (SSSR count). The number of H-pyrrole nitrogens is 1. The van der Waals surface area contributed by atoms with Gasteiger partial charge >= 0.3 is 0 Å². The first kappa shape index (κ1) is 15.0. The van der Waals surface area contributed by atoms with Crippen LogP contribution in [-0.2, 0) is 0 Å². The van der Waals surface area contributed by atoms with E-state index in [1.165, 1.54) is 53.0 Å². The Hall–Kier alpha value is -1.58. The number of aromatic amines is 1. The van der Waals surface area contributed by atoms with Gasteiger partial charge in [-0.1, -0.05) is 31.2 Å². The molecule has 2 nitrogen and oxygen atoms in total. The molecule has 1 unspecified atom stereocenters. The number of thiophene rings is 1. The van der Waals surface area contributed by atoms with Crippen molar-refractivity contribution in [3.63, 3.8) is 0 Å². The Balaban J connectivity index is 1.83. The van der Waals surface area contributed by atoms with Gasteiger partial charge in [-0.25, -0.2) is 0 Å². The van der Waals surface area contributed by atoms with Crippen LogP contribution in [0, 0.1) is 12.8 Å². The SMILES string of the molecule is Cc1[nH]c2ccccc2c1C(c1cccs1)N1CCC(C)CC1. The maximum absolute atomic E-state index is 3.60. The van der Waals surface area contributed by atoms with E-state index in [0.29, 0.717) is 6.04 Å². The first-order valence-corrected chi connectivity index (χ1v) is 9.46. The molecule has 0 amide bonds. The second-order valence-corrected chi connectivity index (χ2v) is 7.82. The second-order valence-electron chi connectivity index (χ2n) is 6.85. The maximum Gasteiger partial charge on any atom is 0.0719 e. The molecule has 1 aliphatic heterocycles. The molecule has 3 heteroatoms. The second kappa shape index (κ2) is 6.14.